The van der Waals surface area contributed by atoms with Gasteiger partial charge in [0.15, 0.2) is 5.82 Å². The zero-order valence-corrected chi connectivity index (χ0v) is 16.0. The normalized spacial score (nSPS) is 11.0. The molecule has 0 aliphatic carbocycles. The van der Waals surface area contributed by atoms with E-state index < -0.39 is 0 Å². The van der Waals surface area contributed by atoms with Gasteiger partial charge in [-0.2, -0.15) is 4.68 Å². The van der Waals surface area contributed by atoms with Crippen molar-refractivity contribution in [1.82, 2.24) is 30.2 Å². The van der Waals surface area contributed by atoms with Gasteiger partial charge in [-0.1, -0.05) is 18.2 Å². The SMILES string of the molecule is Cc1ccc(NC(=O)CCc2nc3ccccc3c(=O)[nH]2)cc1-n1nnnc1C. The number of H-pyrrole nitrogens is 1. The number of nitrogens with one attached hydrogen (secondary N) is 2. The first kappa shape index (κ1) is 18.5. The summed E-state index contributed by atoms with van der Waals surface area (Å²) in [5, 5.41) is 14.9. The average Bonchev–Trinajstić information content (AvgIpc) is 3.14. The van der Waals surface area contributed by atoms with Crippen LogP contribution in [-0.2, 0) is 11.2 Å². The van der Waals surface area contributed by atoms with E-state index in [1.165, 1.54) is 0 Å². The highest BCUT2D eigenvalue weighted by Crippen LogP contribution is 2.19. The lowest BCUT2D eigenvalue weighted by Gasteiger charge is -2.10. The van der Waals surface area contributed by atoms with Gasteiger partial charge >= 0.3 is 0 Å². The highest BCUT2D eigenvalue weighted by atomic mass is 16.1. The van der Waals surface area contributed by atoms with Crippen molar-refractivity contribution in [3.05, 3.63) is 70.0 Å². The fourth-order valence-corrected chi connectivity index (χ4v) is 3.08. The lowest BCUT2D eigenvalue weighted by atomic mass is 10.1. The van der Waals surface area contributed by atoms with Crippen LogP contribution < -0.4 is 10.9 Å². The van der Waals surface area contributed by atoms with Gasteiger partial charge in [-0.3, -0.25) is 9.59 Å². The van der Waals surface area contributed by atoms with E-state index >= 15 is 0 Å². The van der Waals surface area contributed by atoms with Crippen molar-refractivity contribution >= 4 is 22.5 Å². The molecule has 29 heavy (non-hydrogen) atoms. The molecule has 2 aromatic heterocycles. The van der Waals surface area contributed by atoms with Crippen LogP contribution in [0.25, 0.3) is 16.6 Å². The second-order valence-electron chi connectivity index (χ2n) is 6.72. The monoisotopic (exact) mass is 389 g/mol. The second-order valence-corrected chi connectivity index (χ2v) is 6.72. The molecule has 146 valence electrons. The highest BCUT2D eigenvalue weighted by molar-refractivity contribution is 5.91. The molecule has 9 nitrogen and oxygen atoms in total. The van der Waals surface area contributed by atoms with Crippen LogP contribution in [0.2, 0.25) is 0 Å². The van der Waals surface area contributed by atoms with Crippen LogP contribution in [0.5, 0.6) is 0 Å². The Kier molecular flexibility index (Phi) is 4.86. The molecule has 0 aliphatic heterocycles. The molecule has 2 N–H and O–H groups in total. The molecule has 4 rings (SSSR count). The molecule has 0 saturated heterocycles. The van der Waals surface area contributed by atoms with E-state index in [0.717, 1.165) is 11.3 Å². The van der Waals surface area contributed by atoms with Crippen molar-refractivity contribution in [3.63, 3.8) is 0 Å². The molecule has 0 radical (unpaired) electrons. The van der Waals surface area contributed by atoms with Crippen LogP contribution >= 0.6 is 0 Å². The first-order valence-electron chi connectivity index (χ1n) is 9.15. The maximum atomic E-state index is 12.4. The van der Waals surface area contributed by atoms with Gasteiger partial charge in [-0.25, -0.2) is 4.98 Å². The van der Waals surface area contributed by atoms with Crippen LogP contribution in [0.15, 0.2) is 47.3 Å². The van der Waals surface area contributed by atoms with Crippen LogP contribution in [0.3, 0.4) is 0 Å². The van der Waals surface area contributed by atoms with Gasteiger partial charge in [0.05, 0.1) is 16.6 Å². The lowest BCUT2D eigenvalue weighted by Crippen LogP contribution is -2.16. The summed E-state index contributed by atoms with van der Waals surface area (Å²) in [5.74, 6) is 0.963. The van der Waals surface area contributed by atoms with Crippen molar-refractivity contribution < 1.29 is 4.79 Å². The first-order chi connectivity index (χ1) is 14.0. The number of anilines is 1. The Morgan fingerprint density at radius 1 is 1.17 bits per heavy atom. The molecule has 0 saturated carbocycles. The van der Waals surface area contributed by atoms with Crippen LogP contribution in [0.4, 0.5) is 5.69 Å². The Bertz CT molecular complexity index is 1260. The number of para-hydroxylation sites is 1. The third kappa shape index (κ3) is 3.88. The molecule has 0 unspecified atom stereocenters. The van der Waals surface area contributed by atoms with E-state index in [1.54, 1.807) is 22.9 Å². The summed E-state index contributed by atoms with van der Waals surface area (Å²) in [7, 11) is 0. The summed E-state index contributed by atoms with van der Waals surface area (Å²) in [5.41, 5.74) is 2.84. The van der Waals surface area contributed by atoms with E-state index in [0.29, 0.717) is 34.7 Å². The number of tetrazole rings is 1. The van der Waals surface area contributed by atoms with Crippen LogP contribution in [0.1, 0.15) is 23.6 Å². The van der Waals surface area contributed by atoms with E-state index in [9.17, 15) is 9.59 Å². The third-order valence-electron chi connectivity index (χ3n) is 4.60. The number of carbonyl (C=O) groups excluding carboxylic acids is 1. The van der Waals surface area contributed by atoms with Crippen molar-refractivity contribution in [3.8, 4) is 5.69 Å². The Balaban J connectivity index is 1.47. The fourth-order valence-electron chi connectivity index (χ4n) is 3.08. The van der Waals surface area contributed by atoms with E-state index in [-0.39, 0.29) is 17.9 Å². The summed E-state index contributed by atoms with van der Waals surface area (Å²) >= 11 is 0. The van der Waals surface area contributed by atoms with Gasteiger partial charge < -0.3 is 10.3 Å². The molecule has 4 aromatic rings. The summed E-state index contributed by atoms with van der Waals surface area (Å²) in [6, 6.07) is 12.7. The Morgan fingerprint density at radius 2 is 2.00 bits per heavy atom. The topological polar surface area (TPSA) is 118 Å². The third-order valence-corrected chi connectivity index (χ3v) is 4.60. The molecule has 2 aromatic carbocycles. The van der Waals surface area contributed by atoms with E-state index in [4.69, 9.17) is 0 Å². The van der Waals surface area contributed by atoms with Crippen molar-refractivity contribution in [2.75, 3.05) is 5.32 Å². The largest absolute Gasteiger partial charge is 0.326 e. The molecular formula is C20H19N7O2. The summed E-state index contributed by atoms with van der Waals surface area (Å²) < 4.78 is 1.62. The van der Waals surface area contributed by atoms with Crippen LogP contribution in [0, 0.1) is 13.8 Å². The number of aryl methyl sites for hydroxylation is 3. The molecule has 0 aliphatic rings. The molecule has 2 heterocycles. The minimum Gasteiger partial charge on any atom is -0.326 e. The average molecular weight is 389 g/mol. The first-order valence-corrected chi connectivity index (χ1v) is 9.15. The molecular weight excluding hydrogens is 370 g/mol. The van der Waals surface area contributed by atoms with E-state index in [2.05, 4.69) is 30.8 Å². The van der Waals surface area contributed by atoms with Gasteiger partial charge in [0, 0.05) is 18.5 Å². The second kappa shape index (κ2) is 7.63. The number of aromatic nitrogens is 6. The molecule has 0 atom stereocenters. The number of hydrogen-bond acceptors (Lipinski definition) is 6. The number of benzene rings is 2. The van der Waals surface area contributed by atoms with Crippen molar-refractivity contribution in [2.45, 2.75) is 26.7 Å². The molecule has 9 heteroatoms. The smallest absolute Gasteiger partial charge is 0.258 e. The molecule has 0 bridgehead atoms. The number of rotatable bonds is 5. The van der Waals surface area contributed by atoms with E-state index in [1.807, 2.05) is 38.1 Å². The zero-order valence-electron chi connectivity index (χ0n) is 16.0. The maximum Gasteiger partial charge on any atom is 0.258 e. The number of amides is 1. The molecule has 0 spiro atoms. The van der Waals surface area contributed by atoms with Gasteiger partial charge in [0.1, 0.15) is 5.82 Å². The predicted molar refractivity (Wildman–Crippen MR) is 108 cm³/mol. The van der Waals surface area contributed by atoms with Crippen LogP contribution in [-0.4, -0.2) is 36.1 Å². The van der Waals surface area contributed by atoms with Gasteiger partial charge in [-0.05, 0) is 54.1 Å². The number of aromatic amines is 1. The quantitative estimate of drug-likeness (QED) is 0.539. The number of hydrogen-bond donors (Lipinski definition) is 2. The highest BCUT2D eigenvalue weighted by Gasteiger charge is 2.11. The Hall–Kier alpha value is -3.88. The van der Waals surface area contributed by atoms with Crippen molar-refractivity contribution in [1.29, 1.82) is 0 Å². The molecule has 0 fully saturated rings. The number of fused-ring (bicyclic) bond motifs is 1. The maximum absolute atomic E-state index is 12.4. The predicted octanol–water partition coefficient (Wildman–Crippen LogP) is 2.09. The van der Waals surface area contributed by atoms with Gasteiger partial charge in [-0.15, -0.1) is 5.10 Å². The molecule has 1 amide bonds. The summed E-state index contributed by atoms with van der Waals surface area (Å²) in [4.78, 5) is 31.7. The number of carbonyl (C=O) groups is 1. The van der Waals surface area contributed by atoms with Crippen molar-refractivity contribution in [2.24, 2.45) is 0 Å². The number of nitrogens with zero attached hydrogens (tertiary/aromatic N) is 5. The fraction of sp³-hybridized carbons (Fsp3) is 0.200. The standard InChI is InChI=1S/C20H19N7O2/c1-12-7-8-14(11-17(12)27-13(2)24-25-26-27)21-19(28)10-9-18-22-16-6-4-3-5-15(16)20(29)23-18/h3-8,11H,9-10H2,1-2H3,(H,21,28)(H,22,23,29). The lowest BCUT2D eigenvalue weighted by molar-refractivity contribution is -0.116. The Morgan fingerprint density at radius 3 is 2.79 bits per heavy atom. The minimum absolute atomic E-state index is 0.177. The Labute approximate surface area is 165 Å². The van der Waals surface area contributed by atoms with Gasteiger partial charge in [0.25, 0.3) is 5.56 Å². The summed E-state index contributed by atoms with van der Waals surface area (Å²) in [6.45, 7) is 3.76. The summed E-state index contributed by atoms with van der Waals surface area (Å²) in [6.07, 6.45) is 0.519. The van der Waals surface area contributed by atoms with Gasteiger partial charge in [0.2, 0.25) is 5.91 Å². The minimum atomic E-state index is -0.203. The zero-order chi connectivity index (χ0) is 20.4.